The van der Waals surface area contributed by atoms with Crippen molar-refractivity contribution in [3.8, 4) is 0 Å². The molecule has 0 aromatic heterocycles. The zero-order valence-corrected chi connectivity index (χ0v) is 12.4. The van der Waals surface area contributed by atoms with Crippen LogP contribution in [0.25, 0.3) is 0 Å². The van der Waals surface area contributed by atoms with E-state index in [4.69, 9.17) is 5.73 Å². The molecule has 0 heterocycles. The number of nitrogens with two attached hydrogens (primary N) is 1. The number of nitrogens with one attached hydrogen (secondary N) is 1. The first-order valence-electron chi connectivity index (χ1n) is 7.75. The molecule has 4 heteroatoms. The van der Waals surface area contributed by atoms with Gasteiger partial charge >= 0.3 is 0 Å². The van der Waals surface area contributed by atoms with Crippen LogP contribution in [0.15, 0.2) is 36.0 Å². The maximum absolute atomic E-state index is 11.5. The van der Waals surface area contributed by atoms with Crippen LogP contribution in [0.3, 0.4) is 0 Å². The number of primary amides is 1. The number of hydrogen-bond donors (Lipinski definition) is 2. The van der Waals surface area contributed by atoms with E-state index in [1.807, 2.05) is 0 Å². The normalized spacial score (nSPS) is 23.3. The molecule has 0 aliphatic heterocycles. The molecule has 2 rings (SSSR count). The molecule has 114 valence electrons. The molecule has 0 aromatic carbocycles. The van der Waals surface area contributed by atoms with Gasteiger partial charge in [0.05, 0.1) is 0 Å². The lowest BCUT2D eigenvalue weighted by atomic mass is 9.75. The molecular formula is C17H24N2O2. The third-order valence-electron chi connectivity index (χ3n) is 4.13. The lowest BCUT2D eigenvalue weighted by Crippen LogP contribution is -2.26. The predicted octanol–water partition coefficient (Wildman–Crippen LogP) is 2.23. The molecule has 0 radical (unpaired) electrons. The molecule has 2 atom stereocenters. The van der Waals surface area contributed by atoms with Crippen LogP contribution in [0.2, 0.25) is 0 Å². The molecular weight excluding hydrogens is 264 g/mol. The number of allylic oxidation sites excluding steroid dienone is 6. The summed E-state index contributed by atoms with van der Waals surface area (Å²) in [7, 11) is 0. The molecule has 0 saturated carbocycles. The van der Waals surface area contributed by atoms with Gasteiger partial charge in [0, 0.05) is 25.3 Å². The largest absolute Gasteiger partial charge is 0.370 e. The number of amides is 2. The fourth-order valence-electron chi connectivity index (χ4n) is 3.00. The third kappa shape index (κ3) is 4.88. The molecule has 0 fully saturated rings. The maximum atomic E-state index is 11.5. The highest BCUT2D eigenvalue weighted by Crippen LogP contribution is 2.36. The van der Waals surface area contributed by atoms with E-state index in [-0.39, 0.29) is 18.7 Å². The Morgan fingerprint density at radius 3 is 2.95 bits per heavy atom. The molecule has 0 bridgehead atoms. The van der Waals surface area contributed by atoms with E-state index < -0.39 is 5.91 Å². The molecule has 2 amide bonds. The van der Waals surface area contributed by atoms with E-state index in [2.05, 4.69) is 35.7 Å². The van der Waals surface area contributed by atoms with Gasteiger partial charge in [-0.2, -0.15) is 0 Å². The summed E-state index contributed by atoms with van der Waals surface area (Å²) in [5, 5.41) is 2.84. The van der Waals surface area contributed by atoms with Crippen LogP contribution in [0.1, 0.15) is 38.5 Å². The summed E-state index contributed by atoms with van der Waals surface area (Å²) >= 11 is 0. The Morgan fingerprint density at radius 2 is 2.14 bits per heavy atom. The lowest BCUT2D eigenvalue weighted by Gasteiger charge is -2.30. The van der Waals surface area contributed by atoms with Crippen molar-refractivity contribution in [1.29, 1.82) is 0 Å². The highest BCUT2D eigenvalue weighted by molar-refractivity contribution is 5.82. The van der Waals surface area contributed by atoms with Crippen molar-refractivity contribution in [3.05, 3.63) is 36.0 Å². The standard InChI is InChI=1S/C17H24N2O2/c18-16(20)10-11-17(21)19-12-4-8-14-7-3-6-13-5-1-2-9-15(13)14/h2-3,6-7,9,13,15H,1,4-5,8,10-12H2,(H2,18,20)(H,19,21). The zero-order chi connectivity index (χ0) is 15.1. The van der Waals surface area contributed by atoms with Gasteiger partial charge in [-0.25, -0.2) is 0 Å². The van der Waals surface area contributed by atoms with Crippen molar-refractivity contribution in [2.75, 3.05) is 6.54 Å². The van der Waals surface area contributed by atoms with E-state index >= 15 is 0 Å². The van der Waals surface area contributed by atoms with Crippen LogP contribution in [-0.2, 0) is 9.59 Å². The average molecular weight is 288 g/mol. The molecule has 3 N–H and O–H groups in total. The summed E-state index contributed by atoms with van der Waals surface area (Å²) in [6.07, 6.45) is 16.0. The topological polar surface area (TPSA) is 72.2 Å². The van der Waals surface area contributed by atoms with Crippen molar-refractivity contribution in [2.24, 2.45) is 17.6 Å². The number of carbonyl (C=O) groups is 2. The van der Waals surface area contributed by atoms with Gasteiger partial charge in [-0.15, -0.1) is 0 Å². The molecule has 21 heavy (non-hydrogen) atoms. The molecule has 4 nitrogen and oxygen atoms in total. The van der Waals surface area contributed by atoms with Gasteiger partial charge in [0.15, 0.2) is 0 Å². The minimum atomic E-state index is -0.431. The van der Waals surface area contributed by atoms with E-state index in [0.29, 0.717) is 18.4 Å². The molecule has 0 spiro atoms. The minimum Gasteiger partial charge on any atom is -0.370 e. The van der Waals surface area contributed by atoms with E-state index in [9.17, 15) is 9.59 Å². The summed E-state index contributed by atoms with van der Waals surface area (Å²) in [5.41, 5.74) is 6.48. The van der Waals surface area contributed by atoms with Crippen molar-refractivity contribution in [3.63, 3.8) is 0 Å². The van der Waals surface area contributed by atoms with E-state index in [0.717, 1.165) is 12.8 Å². The second kappa shape index (κ2) is 7.81. The van der Waals surface area contributed by atoms with Crippen LogP contribution < -0.4 is 11.1 Å². The summed E-state index contributed by atoms with van der Waals surface area (Å²) in [6, 6.07) is 0. The van der Waals surface area contributed by atoms with Crippen LogP contribution in [0, 0.1) is 11.8 Å². The van der Waals surface area contributed by atoms with Crippen LogP contribution in [0.4, 0.5) is 0 Å². The molecule has 0 aromatic rings. The predicted molar refractivity (Wildman–Crippen MR) is 83.2 cm³/mol. The summed E-state index contributed by atoms with van der Waals surface area (Å²) < 4.78 is 0. The van der Waals surface area contributed by atoms with Gasteiger partial charge in [-0.05, 0) is 31.6 Å². The number of fused-ring (bicyclic) bond motifs is 1. The first kappa shape index (κ1) is 15.5. The first-order chi connectivity index (χ1) is 10.2. The van der Waals surface area contributed by atoms with Crippen LogP contribution in [0.5, 0.6) is 0 Å². The summed E-state index contributed by atoms with van der Waals surface area (Å²) in [5.74, 6) is 0.677. The van der Waals surface area contributed by atoms with Crippen molar-refractivity contribution in [1.82, 2.24) is 5.32 Å². The Balaban J connectivity index is 1.68. The second-order valence-electron chi connectivity index (χ2n) is 5.74. The maximum Gasteiger partial charge on any atom is 0.220 e. The first-order valence-corrected chi connectivity index (χ1v) is 7.75. The SMILES string of the molecule is NC(=O)CCC(=O)NCCCC1=CC=CC2CCC=CC12. The molecule has 0 saturated heterocycles. The van der Waals surface area contributed by atoms with Crippen molar-refractivity contribution < 1.29 is 9.59 Å². The van der Waals surface area contributed by atoms with Gasteiger partial charge in [0.1, 0.15) is 0 Å². The second-order valence-corrected chi connectivity index (χ2v) is 5.74. The summed E-state index contributed by atoms with van der Waals surface area (Å²) in [6.45, 7) is 0.653. The summed E-state index contributed by atoms with van der Waals surface area (Å²) in [4.78, 5) is 22.1. The minimum absolute atomic E-state index is 0.0956. The molecule has 2 aliphatic carbocycles. The molecule has 2 unspecified atom stereocenters. The smallest absolute Gasteiger partial charge is 0.220 e. The number of rotatable bonds is 7. The monoisotopic (exact) mass is 288 g/mol. The fraction of sp³-hybridized carbons (Fsp3) is 0.529. The quantitative estimate of drug-likeness (QED) is 0.557. The van der Waals surface area contributed by atoms with E-state index in [1.165, 1.54) is 18.4 Å². The highest BCUT2D eigenvalue weighted by Gasteiger charge is 2.24. The van der Waals surface area contributed by atoms with Gasteiger partial charge in [0.2, 0.25) is 11.8 Å². The Bertz CT molecular complexity index is 477. The number of carbonyl (C=O) groups excluding carboxylic acids is 2. The van der Waals surface area contributed by atoms with Gasteiger partial charge in [-0.1, -0.05) is 36.0 Å². The van der Waals surface area contributed by atoms with E-state index in [1.54, 1.807) is 0 Å². The van der Waals surface area contributed by atoms with Crippen molar-refractivity contribution >= 4 is 11.8 Å². The van der Waals surface area contributed by atoms with Gasteiger partial charge in [0.25, 0.3) is 0 Å². The van der Waals surface area contributed by atoms with Crippen LogP contribution in [-0.4, -0.2) is 18.4 Å². The van der Waals surface area contributed by atoms with Gasteiger partial charge < -0.3 is 11.1 Å². The molecule has 2 aliphatic rings. The zero-order valence-electron chi connectivity index (χ0n) is 12.4. The Labute approximate surface area is 126 Å². The van der Waals surface area contributed by atoms with Crippen molar-refractivity contribution in [2.45, 2.75) is 38.5 Å². The average Bonchev–Trinajstić information content (AvgIpc) is 2.49. The Hall–Kier alpha value is -1.84. The van der Waals surface area contributed by atoms with Crippen LogP contribution >= 0.6 is 0 Å². The fourth-order valence-corrected chi connectivity index (χ4v) is 3.00. The lowest BCUT2D eigenvalue weighted by molar-refractivity contribution is -0.125. The Kier molecular flexibility index (Phi) is 5.78. The third-order valence-corrected chi connectivity index (χ3v) is 4.13. The highest BCUT2D eigenvalue weighted by atomic mass is 16.2. The Morgan fingerprint density at radius 1 is 1.29 bits per heavy atom. The van der Waals surface area contributed by atoms with Gasteiger partial charge in [-0.3, -0.25) is 9.59 Å². The number of hydrogen-bond acceptors (Lipinski definition) is 2.